The van der Waals surface area contributed by atoms with Crippen molar-refractivity contribution in [1.29, 1.82) is 5.26 Å². The van der Waals surface area contributed by atoms with Gasteiger partial charge in [0.2, 0.25) is 5.95 Å². The van der Waals surface area contributed by atoms with Crippen molar-refractivity contribution < 1.29 is 8.78 Å². The number of aromatic nitrogens is 4. The van der Waals surface area contributed by atoms with Crippen LogP contribution in [-0.4, -0.2) is 25.6 Å². The minimum Gasteiger partial charge on any atom is -0.382 e. The number of fused-ring (bicyclic) bond motifs is 2. The first-order valence-corrected chi connectivity index (χ1v) is 12.9. The lowest BCUT2D eigenvalue weighted by Gasteiger charge is -2.35. The summed E-state index contributed by atoms with van der Waals surface area (Å²) in [6.07, 6.45) is 4.30. The lowest BCUT2D eigenvalue weighted by molar-refractivity contribution is 0.341. The van der Waals surface area contributed by atoms with E-state index in [9.17, 15) is 18.8 Å². The van der Waals surface area contributed by atoms with E-state index in [0.29, 0.717) is 11.9 Å². The first-order valence-electron chi connectivity index (χ1n) is 12.6. The molecule has 1 aliphatic carbocycles. The highest BCUT2D eigenvalue weighted by Crippen LogP contribution is 2.49. The first-order chi connectivity index (χ1) is 18.8. The highest BCUT2D eigenvalue weighted by molar-refractivity contribution is 6.35. The lowest BCUT2D eigenvalue weighted by atomic mass is 9.84. The minimum absolute atomic E-state index is 0.0288. The molecule has 0 bridgehead atoms. The van der Waals surface area contributed by atoms with E-state index in [4.69, 9.17) is 28.1 Å². The SMILES string of the molecule is N#Cc1c(N)nc(N)nc1N1[C@H](c2nc3cccc(Cl)c3c(=O)n2-c2cc(F)cc(F)c2)C[C@@H]2CCCC[C@@H]21. The average Bonchev–Trinajstić information content (AvgIpc) is 3.27. The number of nitrogens with zero attached hydrogens (tertiary/aromatic N) is 6. The van der Waals surface area contributed by atoms with Crippen LogP contribution in [0.15, 0.2) is 41.2 Å². The van der Waals surface area contributed by atoms with Gasteiger partial charge in [0, 0.05) is 12.1 Å². The summed E-state index contributed by atoms with van der Waals surface area (Å²) in [5.74, 6) is -1.15. The van der Waals surface area contributed by atoms with Crippen molar-refractivity contribution >= 4 is 40.1 Å². The third-order valence-electron chi connectivity index (χ3n) is 7.66. The molecule has 39 heavy (non-hydrogen) atoms. The summed E-state index contributed by atoms with van der Waals surface area (Å²) in [4.78, 5) is 29.2. The summed E-state index contributed by atoms with van der Waals surface area (Å²) in [7, 11) is 0. The predicted molar refractivity (Wildman–Crippen MR) is 143 cm³/mol. The zero-order valence-corrected chi connectivity index (χ0v) is 21.4. The molecule has 12 heteroatoms. The van der Waals surface area contributed by atoms with E-state index in [0.717, 1.165) is 43.9 Å². The van der Waals surface area contributed by atoms with E-state index in [-0.39, 0.29) is 57.0 Å². The predicted octanol–water partition coefficient (Wildman–Crippen LogP) is 4.65. The third kappa shape index (κ3) is 4.12. The van der Waals surface area contributed by atoms with Gasteiger partial charge < -0.3 is 16.4 Å². The Balaban J connectivity index is 1.67. The number of benzene rings is 2. The van der Waals surface area contributed by atoms with Crippen LogP contribution in [0.2, 0.25) is 5.02 Å². The Morgan fingerprint density at radius 1 is 1.05 bits per heavy atom. The molecule has 0 amide bonds. The number of rotatable bonds is 3. The summed E-state index contributed by atoms with van der Waals surface area (Å²) in [6, 6.07) is 9.24. The van der Waals surface area contributed by atoms with Crippen molar-refractivity contribution in [2.75, 3.05) is 16.4 Å². The average molecular weight is 549 g/mol. The second kappa shape index (κ2) is 9.47. The molecule has 3 heterocycles. The minimum atomic E-state index is -0.845. The van der Waals surface area contributed by atoms with Crippen LogP contribution in [0.1, 0.15) is 49.5 Å². The van der Waals surface area contributed by atoms with Crippen LogP contribution in [0.5, 0.6) is 0 Å². The Kier molecular flexibility index (Phi) is 6.07. The molecule has 6 rings (SSSR count). The molecule has 0 radical (unpaired) electrons. The molecule has 2 aromatic carbocycles. The highest BCUT2D eigenvalue weighted by Gasteiger charge is 2.46. The summed E-state index contributed by atoms with van der Waals surface area (Å²) in [5.41, 5.74) is 11.8. The topological polar surface area (TPSA) is 140 Å². The molecule has 2 aromatic heterocycles. The van der Waals surface area contributed by atoms with Crippen molar-refractivity contribution in [3.05, 3.63) is 74.8 Å². The zero-order valence-electron chi connectivity index (χ0n) is 20.6. The highest BCUT2D eigenvalue weighted by atomic mass is 35.5. The van der Waals surface area contributed by atoms with E-state index in [1.165, 1.54) is 4.57 Å². The van der Waals surface area contributed by atoms with Gasteiger partial charge in [-0.05, 0) is 49.4 Å². The van der Waals surface area contributed by atoms with E-state index >= 15 is 0 Å². The Morgan fingerprint density at radius 2 is 1.79 bits per heavy atom. The molecule has 2 aliphatic rings. The maximum absolute atomic E-state index is 14.4. The Hall–Kier alpha value is -4.30. The van der Waals surface area contributed by atoms with Gasteiger partial charge in [0.15, 0.2) is 5.82 Å². The van der Waals surface area contributed by atoms with Crippen LogP contribution >= 0.6 is 11.6 Å². The van der Waals surface area contributed by atoms with Gasteiger partial charge in [-0.2, -0.15) is 15.2 Å². The van der Waals surface area contributed by atoms with Gasteiger partial charge in [0.25, 0.3) is 5.56 Å². The van der Waals surface area contributed by atoms with Gasteiger partial charge >= 0.3 is 0 Å². The standard InChI is InChI=1S/C27H23ClF2N8O/c28-18-5-3-6-19-22(18)26(39)37(16-10-14(29)9-15(30)11-16)25(34-19)21-8-13-4-1-2-7-20(13)38(21)24-17(12-31)23(32)35-27(33)36-24/h3,5-6,9-11,13,20-21H,1-2,4,7-8H2,(H4,32,33,35,36)/t13-,20-,21-/m0/s1. The first kappa shape index (κ1) is 25.0. The van der Waals surface area contributed by atoms with Crippen LogP contribution in [-0.2, 0) is 0 Å². The van der Waals surface area contributed by atoms with Crippen molar-refractivity contribution in [3.63, 3.8) is 0 Å². The molecule has 2 fully saturated rings. The van der Waals surface area contributed by atoms with Crippen LogP contribution in [0.4, 0.5) is 26.4 Å². The second-order valence-corrected chi connectivity index (χ2v) is 10.3. The van der Waals surface area contributed by atoms with Crippen molar-refractivity contribution in [2.24, 2.45) is 5.92 Å². The largest absolute Gasteiger partial charge is 0.382 e. The quantitative estimate of drug-likeness (QED) is 0.377. The fourth-order valence-electron chi connectivity index (χ4n) is 6.12. The van der Waals surface area contributed by atoms with E-state index in [1.807, 2.05) is 4.90 Å². The smallest absolute Gasteiger partial charge is 0.267 e. The molecule has 198 valence electrons. The number of halogens is 3. The monoisotopic (exact) mass is 548 g/mol. The Morgan fingerprint density at radius 3 is 2.54 bits per heavy atom. The van der Waals surface area contributed by atoms with E-state index in [1.54, 1.807) is 18.2 Å². The fourth-order valence-corrected chi connectivity index (χ4v) is 6.37. The summed E-state index contributed by atoms with van der Waals surface area (Å²) >= 11 is 6.40. The molecule has 4 aromatic rings. The number of nitriles is 1. The maximum Gasteiger partial charge on any atom is 0.267 e. The summed E-state index contributed by atoms with van der Waals surface area (Å²) in [6.45, 7) is 0. The molecule has 1 aliphatic heterocycles. The summed E-state index contributed by atoms with van der Waals surface area (Å²) in [5, 5.41) is 10.3. The summed E-state index contributed by atoms with van der Waals surface area (Å²) < 4.78 is 30.1. The molecule has 3 atom stereocenters. The number of nitrogens with two attached hydrogens (primary N) is 2. The zero-order chi connectivity index (χ0) is 27.4. The van der Waals surface area contributed by atoms with Gasteiger partial charge in [-0.1, -0.05) is 30.5 Å². The molecule has 9 nitrogen and oxygen atoms in total. The van der Waals surface area contributed by atoms with E-state index in [2.05, 4.69) is 16.0 Å². The van der Waals surface area contributed by atoms with Gasteiger partial charge in [-0.3, -0.25) is 9.36 Å². The maximum atomic E-state index is 14.4. The molecule has 1 saturated carbocycles. The van der Waals surface area contributed by atoms with Crippen LogP contribution in [0, 0.1) is 28.9 Å². The number of hydrogen-bond acceptors (Lipinski definition) is 8. The van der Waals surface area contributed by atoms with Gasteiger partial charge in [0.1, 0.15) is 34.9 Å². The normalized spacial score (nSPS) is 20.7. The molecule has 1 saturated heterocycles. The van der Waals surface area contributed by atoms with Gasteiger partial charge in [0.05, 0.1) is 27.7 Å². The molecule has 0 unspecified atom stereocenters. The van der Waals surface area contributed by atoms with Gasteiger partial charge in [-0.15, -0.1) is 0 Å². The van der Waals surface area contributed by atoms with Crippen molar-refractivity contribution in [3.8, 4) is 11.8 Å². The Bertz CT molecular complexity index is 1720. The Labute approximate surface area is 226 Å². The van der Waals surface area contributed by atoms with Crippen LogP contribution in [0.25, 0.3) is 16.6 Å². The van der Waals surface area contributed by atoms with Crippen LogP contribution < -0.4 is 21.9 Å². The molecule has 0 spiro atoms. The number of nitrogen functional groups attached to an aromatic ring is 2. The van der Waals surface area contributed by atoms with Crippen LogP contribution in [0.3, 0.4) is 0 Å². The third-order valence-corrected chi connectivity index (χ3v) is 7.97. The second-order valence-electron chi connectivity index (χ2n) is 9.92. The molecular formula is C27H23ClF2N8O. The van der Waals surface area contributed by atoms with Crippen molar-refractivity contribution in [2.45, 2.75) is 44.2 Å². The van der Waals surface area contributed by atoms with Gasteiger partial charge in [-0.25, -0.2) is 13.8 Å². The molecule has 4 N–H and O–H groups in total. The number of hydrogen-bond donors (Lipinski definition) is 2. The number of anilines is 3. The van der Waals surface area contributed by atoms with E-state index < -0.39 is 23.2 Å². The van der Waals surface area contributed by atoms with Crippen molar-refractivity contribution in [1.82, 2.24) is 19.5 Å². The lowest BCUT2D eigenvalue weighted by Crippen LogP contribution is -2.39. The molecular weight excluding hydrogens is 526 g/mol. The fraction of sp³-hybridized carbons (Fsp3) is 0.296.